The molecule has 0 aromatic heterocycles. The standard InChI is InChI=1S/C15H24O6/c16-1-4-19-10-13-7-14(11-20-5-2-17)9-15(8-13)12-21-6-3-18/h7-9,16-18H,1-6,10-12H2. The Hall–Kier alpha value is -1.02. The van der Waals surface area contributed by atoms with Gasteiger partial charge in [-0.1, -0.05) is 18.2 Å². The molecule has 0 aliphatic heterocycles. The lowest BCUT2D eigenvalue weighted by atomic mass is 10.1. The summed E-state index contributed by atoms with van der Waals surface area (Å²) in [6.07, 6.45) is 0. The summed E-state index contributed by atoms with van der Waals surface area (Å²) in [4.78, 5) is 0. The third-order valence-corrected chi connectivity index (χ3v) is 2.63. The van der Waals surface area contributed by atoms with Crippen LogP contribution in [0.3, 0.4) is 0 Å². The molecule has 1 rings (SSSR count). The molecule has 0 spiro atoms. The SMILES string of the molecule is OCCOCc1cc(COCCO)cc(COCCO)c1. The Morgan fingerprint density at radius 1 is 0.571 bits per heavy atom. The summed E-state index contributed by atoms with van der Waals surface area (Å²) in [6, 6.07) is 5.89. The van der Waals surface area contributed by atoms with Crippen LogP contribution in [0, 0.1) is 0 Å². The van der Waals surface area contributed by atoms with Gasteiger partial charge < -0.3 is 29.5 Å². The zero-order valence-corrected chi connectivity index (χ0v) is 12.2. The second kappa shape index (κ2) is 11.6. The fourth-order valence-corrected chi connectivity index (χ4v) is 1.85. The average molecular weight is 300 g/mol. The number of benzene rings is 1. The molecular weight excluding hydrogens is 276 g/mol. The lowest BCUT2D eigenvalue weighted by Crippen LogP contribution is -2.05. The van der Waals surface area contributed by atoms with Crippen LogP contribution in [-0.4, -0.2) is 55.0 Å². The van der Waals surface area contributed by atoms with Gasteiger partial charge >= 0.3 is 0 Å². The Labute approximate surface area is 124 Å². The summed E-state index contributed by atoms with van der Waals surface area (Å²) >= 11 is 0. The number of ether oxygens (including phenoxy) is 3. The maximum absolute atomic E-state index is 8.73. The lowest BCUT2D eigenvalue weighted by molar-refractivity contribution is 0.0758. The minimum Gasteiger partial charge on any atom is -0.394 e. The zero-order chi connectivity index (χ0) is 15.3. The quantitative estimate of drug-likeness (QED) is 0.478. The first-order valence-corrected chi connectivity index (χ1v) is 6.97. The average Bonchev–Trinajstić information content (AvgIpc) is 2.48. The molecular formula is C15H24O6. The van der Waals surface area contributed by atoms with E-state index in [0.717, 1.165) is 16.7 Å². The number of hydrogen-bond donors (Lipinski definition) is 3. The highest BCUT2D eigenvalue weighted by Gasteiger charge is 2.03. The van der Waals surface area contributed by atoms with Crippen molar-refractivity contribution in [3.8, 4) is 0 Å². The second-order valence-electron chi connectivity index (χ2n) is 4.49. The van der Waals surface area contributed by atoms with Crippen LogP contribution in [-0.2, 0) is 34.0 Å². The van der Waals surface area contributed by atoms with E-state index in [2.05, 4.69) is 0 Å². The van der Waals surface area contributed by atoms with E-state index in [0.29, 0.717) is 39.6 Å². The van der Waals surface area contributed by atoms with Crippen LogP contribution in [0.15, 0.2) is 18.2 Å². The van der Waals surface area contributed by atoms with E-state index in [1.165, 1.54) is 0 Å². The summed E-state index contributed by atoms with van der Waals surface area (Å²) in [5.41, 5.74) is 2.91. The summed E-state index contributed by atoms with van der Waals surface area (Å²) in [5, 5.41) is 26.2. The Kier molecular flexibility index (Phi) is 9.98. The summed E-state index contributed by atoms with van der Waals surface area (Å²) < 4.78 is 16.0. The molecule has 0 aliphatic carbocycles. The van der Waals surface area contributed by atoms with Gasteiger partial charge in [-0.05, 0) is 16.7 Å². The summed E-state index contributed by atoms with van der Waals surface area (Å²) in [5.74, 6) is 0. The van der Waals surface area contributed by atoms with Crippen molar-refractivity contribution in [2.45, 2.75) is 19.8 Å². The van der Waals surface area contributed by atoms with Gasteiger partial charge in [0.15, 0.2) is 0 Å². The molecule has 0 radical (unpaired) electrons. The summed E-state index contributed by atoms with van der Waals surface area (Å²) in [6.45, 7) is 2.07. The van der Waals surface area contributed by atoms with Crippen LogP contribution in [0.25, 0.3) is 0 Å². The topological polar surface area (TPSA) is 88.4 Å². The maximum atomic E-state index is 8.73. The van der Waals surface area contributed by atoms with Gasteiger partial charge in [0.05, 0.1) is 59.5 Å². The maximum Gasteiger partial charge on any atom is 0.0718 e. The van der Waals surface area contributed by atoms with E-state index in [1.807, 2.05) is 18.2 Å². The molecule has 0 atom stereocenters. The first-order chi connectivity index (χ1) is 10.3. The van der Waals surface area contributed by atoms with Crippen LogP contribution < -0.4 is 0 Å². The molecule has 3 N–H and O–H groups in total. The molecule has 0 aliphatic rings. The first kappa shape index (κ1) is 18.0. The molecule has 1 aromatic carbocycles. The van der Waals surface area contributed by atoms with Crippen molar-refractivity contribution >= 4 is 0 Å². The highest BCUT2D eigenvalue weighted by molar-refractivity contribution is 5.29. The van der Waals surface area contributed by atoms with Crippen molar-refractivity contribution in [3.05, 3.63) is 34.9 Å². The van der Waals surface area contributed by atoms with E-state index in [-0.39, 0.29) is 19.8 Å². The number of hydrogen-bond acceptors (Lipinski definition) is 6. The van der Waals surface area contributed by atoms with Crippen LogP contribution in [0.4, 0.5) is 0 Å². The van der Waals surface area contributed by atoms with Crippen LogP contribution in [0.2, 0.25) is 0 Å². The van der Waals surface area contributed by atoms with Crippen LogP contribution >= 0.6 is 0 Å². The molecule has 0 bridgehead atoms. The van der Waals surface area contributed by atoms with Gasteiger partial charge in [0.25, 0.3) is 0 Å². The molecule has 0 saturated carbocycles. The fraction of sp³-hybridized carbons (Fsp3) is 0.600. The van der Waals surface area contributed by atoms with E-state index >= 15 is 0 Å². The Balaban J connectivity index is 2.65. The minimum atomic E-state index is -0.00816. The number of aliphatic hydroxyl groups is 3. The van der Waals surface area contributed by atoms with Gasteiger partial charge in [-0.2, -0.15) is 0 Å². The lowest BCUT2D eigenvalue weighted by Gasteiger charge is -2.11. The highest BCUT2D eigenvalue weighted by atomic mass is 16.5. The van der Waals surface area contributed by atoms with E-state index in [9.17, 15) is 0 Å². The largest absolute Gasteiger partial charge is 0.394 e. The highest BCUT2D eigenvalue weighted by Crippen LogP contribution is 2.14. The van der Waals surface area contributed by atoms with Crippen molar-refractivity contribution < 1.29 is 29.5 Å². The van der Waals surface area contributed by atoms with Crippen LogP contribution in [0.1, 0.15) is 16.7 Å². The van der Waals surface area contributed by atoms with E-state index < -0.39 is 0 Å². The molecule has 120 valence electrons. The molecule has 21 heavy (non-hydrogen) atoms. The second-order valence-corrected chi connectivity index (χ2v) is 4.49. The normalized spacial score (nSPS) is 11.0. The molecule has 0 unspecified atom stereocenters. The number of aliphatic hydroxyl groups excluding tert-OH is 3. The molecule has 6 nitrogen and oxygen atoms in total. The van der Waals surface area contributed by atoms with Gasteiger partial charge in [-0.3, -0.25) is 0 Å². The predicted molar refractivity (Wildman–Crippen MR) is 76.7 cm³/mol. The van der Waals surface area contributed by atoms with Crippen molar-refractivity contribution in [2.24, 2.45) is 0 Å². The monoisotopic (exact) mass is 300 g/mol. The van der Waals surface area contributed by atoms with E-state index in [4.69, 9.17) is 29.5 Å². The third kappa shape index (κ3) is 8.11. The van der Waals surface area contributed by atoms with Gasteiger partial charge in [-0.15, -0.1) is 0 Å². The number of rotatable bonds is 12. The van der Waals surface area contributed by atoms with Crippen molar-refractivity contribution in [3.63, 3.8) is 0 Å². The summed E-state index contributed by atoms with van der Waals surface area (Å²) in [7, 11) is 0. The Morgan fingerprint density at radius 3 is 1.10 bits per heavy atom. The zero-order valence-electron chi connectivity index (χ0n) is 12.2. The van der Waals surface area contributed by atoms with Gasteiger partial charge in [-0.25, -0.2) is 0 Å². The smallest absolute Gasteiger partial charge is 0.0718 e. The van der Waals surface area contributed by atoms with Crippen LogP contribution in [0.5, 0.6) is 0 Å². The van der Waals surface area contributed by atoms with E-state index in [1.54, 1.807) is 0 Å². The van der Waals surface area contributed by atoms with Crippen molar-refractivity contribution in [1.29, 1.82) is 0 Å². The van der Waals surface area contributed by atoms with Gasteiger partial charge in [0.2, 0.25) is 0 Å². The third-order valence-electron chi connectivity index (χ3n) is 2.63. The first-order valence-electron chi connectivity index (χ1n) is 6.97. The van der Waals surface area contributed by atoms with Crippen molar-refractivity contribution in [1.82, 2.24) is 0 Å². The Morgan fingerprint density at radius 2 is 0.857 bits per heavy atom. The molecule has 0 heterocycles. The van der Waals surface area contributed by atoms with Crippen molar-refractivity contribution in [2.75, 3.05) is 39.6 Å². The fourth-order valence-electron chi connectivity index (χ4n) is 1.85. The minimum absolute atomic E-state index is 0.00816. The van der Waals surface area contributed by atoms with Gasteiger partial charge in [0, 0.05) is 0 Å². The molecule has 1 aromatic rings. The Bertz CT molecular complexity index is 313. The molecule has 0 fully saturated rings. The molecule has 0 saturated heterocycles. The van der Waals surface area contributed by atoms with Gasteiger partial charge in [0.1, 0.15) is 0 Å². The predicted octanol–water partition coefficient (Wildman–Crippen LogP) is 0.213. The molecule has 6 heteroatoms. The molecule has 0 amide bonds.